The first-order chi connectivity index (χ1) is 11.5. The lowest BCUT2D eigenvalue weighted by Crippen LogP contribution is -2.62. The summed E-state index contributed by atoms with van der Waals surface area (Å²) in [4.78, 5) is 44.5. The van der Waals surface area contributed by atoms with Crippen molar-refractivity contribution in [1.29, 1.82) is 5.41 Å². The Bertz CT molecular complexity index is 643. The molecule has 1 amide bonds. The van der Waals surface area contributed by atoms with Crippen LogP contribution in [-0.4, -0.2) is 55.7 Å². The molecule has 0 spiro atoms. The van der Waals surface area contributed by atoms with E-state index in [-0.39, 0.29) is 12.2 Å². The second-order valence-corrected chi connectivity index (χ2v) is 8.61. The summed E-state index contributed by atoms with van der Waals surface area (Å²) in [5.74, 6) is -2.21. The lowest BCUT2D eigenvalue weighted by atomic mass is 9.92. The van der Waals surface area contributed by atoms with E-state index in [0.717, 1.165) is 0 Å². The third-order valence-corrected chi connectivity index (χ3v) is 6.13. The van der Waals surface area contributed by atoms with Crippen molar-refractivity contribution in [1.82, 2.24) is 5.32 Å². The number of carbonyl (C=O) groups excluding carboxylic acids is 1. The fourth-order valence-electron chi connectivity index (χ4n) is 2.19. The molecule has 1 aromatic rings. The molecular weight excluding hydrogens is 365 g/mol. The van der Waals surface area contributed by atoms with Gasteiger partial charge in [0.05, 0.1) is 6.04 Å². The summed E-state index contributed by atoms with van der Waals surface area (Å²) in [6.07, 6.45) is -0.894. The minimum Gasteiger partial charge on any atom is -0.479 e. The molecule has 2 atom stereocenters. The van der Waals surface area contributed by atoms with Gasteiger partial charge in [0.25, 0.3) is 0 Å². The zero-order chi connectivity index (χ0) is 19.3. The van der Waals surface area contributed by atoms with Crippen molar-refractivity contribution in [2.75, 3.05) is 11.9 Å². The van der Waals surface area contributed by atoms with Crippen molar-refractivity contribution in [2.24, 2.45) is 5.73 Å². The van der Waals surface area contributed by atoms with E-state index in [4.69, 9.17) is 11.1 Å². The third kappa shape index (κ3) is 5.76. The zero-order valence-electron chi connectivity index (χ0n) is 13.7. The maximum atomic E-state index is 12.2. The Balaban J connectivity index is 3.31. The molecule has 0 heterocycles. The predicted molar refractivity (Wildman–Crippen MR) is 100 cm³/mol. The Labute approximate surface area is 151 Å². The summed E-state index contributed by atoms with van der Waals surface area (Å²) >= 11 is 3.92. The number of nitrogens with one attached hydrogen (secondary N) is 2. The van der Waals surface area contributed by atoms with Crippen molar-refractivity contribution in [3.8, 4) is 0 Å². The first-order valence-electron chi connectivity index (χ1n) is 7.39. The highest BCUT2D eigenvalue weighted by Gasteiger charge is 2.53. The van der Waals surface area contributed by atoms with Crippen molar-refractivity contribution in [2.45, 2.75) is 24.9 Å². The number of aliphatic carboxylic acids is 1. The Hall–Kier alpha value is -1.51. The highest BCUT2D eigenvalue weighted by molar-refractivity contribution is 7.81. The summed E-state index contributed by atoms with van der Waals surface area (Å²) in [7, 11) is -3.99. The molecule has 1 aromatic carbocycles. The number of carboxylic acid groups (broad SMARTS) is 1. The Morgan fingerprint density at radius 1 is 1.36 bits per heavy atom. The smallest absolute Gasteiger partial charge is 0.333 e. The lowest BCUT2D eigenvalue weighted by Gasteiger charge is -2.32. The van der Waals surface area contributed by atoms with Crippen LogP contribution in [0.4, 0.5) is 0 Å². The highest BCUT2D eigenvalue weighted by atomic mass is 32.1. The van der Waals surface area contributed by atoms with Crippen LogP contribution in [0.2, 0.25) is 0 Å². The van der Waals surface area contributed by atoms with E-state index < -0.39 is 42.8 Å². The van der Waals surface area contributed by atoms with Gasteiger partial charge < -0.3 is 16.2 Å². The quantitative estimate of drug-likeness (QED) is 0.183. The van der Waals surface area contributed by atoms with E-state index in [1.165, 1.54) is 6.92 Å². The summed E-state index contributed by atoms with van der Waals surface area (Å²) in [5, 5.41) is 19.6. The molecule has 0 aliphatic heterocycles. The number of carbonyl (C=O) groups is 2. The third-order valence-electron chi connectivity index (χ3n) is 3.68. The monoisotopic (exact) mass is 388 g/mol. The molecule has 25 heavy (non-hydrogen) atoms. The Morgan fingerprint density at radius 3 is 2.36 bits per heavy atom. The minimum absolute atomic E-state index is 0.00496. The number of benzene rings is 1. The minimum atomic E-state index is -3.99. The van der Waals surface area contributed by atoms with Crippen LogP contribution in [0, 0.1) is 5.41 Å². The van der Waals surface area contributed by atoms with Gasteiger partial charge in [-0.2, -0.15) is 12.6 Å². The van der Waals surface area contributed by atoms with Crippen LogP contribution in [0.3, 0.4) is 0 Å². The lowest BCUT2D eigenvalue weighted by molar-refractivity contribution is -0.146. The Kier molecular flexibility index (Phi) is 7.52. The van der Waals surface area contributed by atoms with Crippen molar-refractivity contribution in [3.05, 3.63) is 35.9 Å². The van der Waals surface area contributed by atoms with Crippen LogP contribution in [0.15, 0.2) is 30.3 Å². The molecule has 0 aliphatic rings. The average Bonchev–Trinajstić information content (AvgIpc) is 2.54. The number of nitrogens with two attached hydrogens (primary N) is 1. The normalized spacial score (nSPS) is 15.1. The summed E-state index contributed by atoms with van der Waals surface area (Å²) in [6, 6.07) is 7.42. The molecule has 0 bridgehead atoms. The molecule has 0 aliphatic carbocycles. The molecule has 8 nitrogen and oxygen atoms in total. The zero-order valence-corrected chi connectivity index (χ0v) is 15.5. The topological polar surface area (TPSA) is 157 Å². The van der Waals surface area contributed by atoms with Gasteiger partial charge >= 0.3 is 13.7 Å². The van der Waals surface area contributed by atoms with Gasteiger partial charge in [-0.25, -0.2) is 14.6 Å². The molecular formula is C15H23N3O5PS+. The van der Waals surface area contributed by atoms with Crippen molar-refractivity contribution >= 4 is 37.7 Å². The summed E-state index contributed by atoms with van der Waals surface area (Å²) in [5.41, 5.74) is 3.73. The highest BCUT2D eigenvalue weighted by Crippen LogP contribution is 2.53. The number of amides is 1. The fourth-order valence-corrected chi connectivity index (χ4v) is 3.67. The number of rotatable bonds is 9. The molecule has 10 heteroatoms. The van der Waals surface area contributed by atoms with Crippen molar-refractivity contribution < 1.29 is 24.5 Å². The van der Waals surface area contributed by atoms with Gasteiger partial charge in [-0.05, 0) is 5.56 Å². The molecule has 7 N–H and O–H groups in total. The largest absolute Gasteiger partial charge is 0.479 e. The first-order valence-corrected chi connectivity index (χ1v) is 9.90. The van der Waals surface area contributed by atoms with Gasteiger partial charge in [0.2, 0.25) is 11.4 Å². The van der Waals surface area contributed by atoms with Crippen LogP contribution in [0.5, 0.6) is 0 Å². The molecule has 0 saturated heterocycles. The number of thiol groups is 1. The maximum absolute atomic E-state index is 12.2. The van der Waals surface area contributed by atoms with E-state index >= 15 is 0 Å². The molecule has 138 valence electrons. The SMILES string of the molecule is CC(=N)[P+](O)(O)CC(Cc1ccccc1)(NC(=O)[C@@H](N)CS)C(=O)O. The first kappa shape index (κ1) is 21.5. The van der Waals surface area contributed by atoms with Gasteiger partial charge in [-0.15, -0.1) is 0 Å². The van der Waals surface area contributed by atoms with Gasteiger partial charge in [0.1, 0.15) is 0 Å². The Morgan fingerprint density at radius 2 is 1.92 bits per heavy atom. The molecule has 0 radical (unpaired) electrons. The molecule has 0 aromatic heterocycles. The van der Waals surface area contributed by atoms with Crippen LogP contribution in [0.25, 0.3) is 0 Å². The molecule has 1 unspecified atom stereocenters. The number of hydrogen-bond acceptors (Lipinski definition) is 7. The fraction of sp³-hybridized carbons (Fsp3) is 0.400. The molecule has 0 saturated carbocycles. The van der Waals surface area contributed by atoms with Gasteiger partial charge in [-0.3, -0.25) is 10.2 Å². The van der Waals surface area contributed by atoms with Crippen LogP contribution < -0.4 is 11.1 Å². The van der Waals surface area contributed by atoms with Gasteiger partial charge in [0.15, 0.2) is 11.7 Å². The second kappa shape index (κ2) is 8.73. The maximum Gasteiger partial charge on any atom is 0.333 e. The molecule has 1 rings (SSSR count). The van der Waals surface area contributed by atoms with E-state index in [2.05, 4.69) is 17.9 Å². The standard InChI is InChI=1S/C15H22N3O5PS/c1-10(16)24(22,23)9-15(14(20)21,18-13(19)12(17)8-25)7-11-5-3-2-4-6-11/h2-6,12,16,22-23H,7-9,17H2,1H3,(H2-,18,19,20,21,25)/p+1/t12-,15?/m0/s1. The second-order valence-electron chi connectivity index (χ2n) is 5.80. The molecule has 0 fully saturated rings. The van der Waals surface area contributed by atoms with E-state index in [0.29, 0.717) is 5.56 Å². The van der Waals surface area contributed by atoms with Crippen molar-refractivity contribution in [3.63, 3.8) is 0 Å². The van der Waals surface area contributed by atoms with Crippen LogP contribution in [-0.2, 0) is 16.0 Å². The van der Waals surface area contributed by atoms with E-state index in [1.54, 1.807) is 30.3 Å². The number of carboxylic acids is 1. The van der Waals surface area contributed by atoms with Crippen LogP contribution in [0.1, 0.15) is 12.5 Å². The average molecular weight is 388 g/mol. The van der Waals surface area contributed by atoms with E-state index in [9.17, 15) is 24.5 Å². The van der Waals surface area contributed by atoms with Gasteiger partial charge in [-0.1, -0.05) is 30.3 Å². The van der Waals surface area contributed by atoms with Gasteiger partial charge in [0, 0.05) is 19.1 Å². The summed E-state index contributed by atoms with van der Waals surface area (Å²) < 4.78 is 0. The number of hydrogen-bond donors (Lipinski definition) is 7. The summed E-state index contributed by atoms with van der Waals surface area (Å²) in [6.45, 7) is 1.18. The van der Waals surface area contributed by atoms with Crippen LogP contribution >= 0.6 is 20.3 Å². The van der Waals surface area contributed by atoms with E-state index in [1.807, 2.05) is 0 Å². The predicted octanol–water partition coefficient (Wildman–Crippen LogP) is 0.255.